The van der Waals surface area contributed by atoms with Crippen LogP contribution >= 0.6 is 0 Å². The number of nitrogens with zero attached hydrogens (tertiary/aromatic N) is 3. The van der Waals surface area contributed by atoms with Crippen LogP contribution in [0.3, 0.4) is 0 Å². The predicted octanol–water partition coefficient (Wildman–Crippen LogP) is 2.46. The molecular weight excluding hydrogens is 238 g/mol. The Kier molecular flexibility index (Phi) is 3.78. The summed E-state index contributed by atoms with van der Waals surface area (Å²) in [5, 5.41) is 4.34. The molecule has 19 heavy (non-hydrogen) atoms. The van der Waals surface area contributed by atoms with Gasteiger partial charge in [-0.3, -0.25) is 4.98 Å². The second-order valence-corrected chi connectivity index (χ2v) is 5.63. The molecule has 102 valence electrons. The van der Waals surface area contributed by atoms with Gasteiger partial charge in [0.05, 0.1) is 5.71 Å². The first-order valence-corrected chi connectivity index (χ1v) is 7.10. The van der Waals surface area contributed by atoms with Gasteiger partial charge < -0.3 is 9.74 Å². The highest BCUT2D eigenvalue weighted by molar-refractivity contribution is 5.85. The Bertz CT molecular complexity index is 446. The van der Waals surface area contributed by atoms with E-state index >= 15 is 0 Å². The van der Waals surface area contributed by atoms with Crippen molar-refractivity contribution < 1.29 is 4.84 Å². The first kappa shape index (κ1) is 12.6. The second kappa shape index (κ2) is 5.70. The molecule has 1 aliphatic carbocycles. The molecule has 1 saturated carbocycles. The lowest BCUT2D eigenvalue weighted by Crippen LogP contribution is -2.35. The summed E-state index contributed by atoms with van der Waals surface area (Å²) in [5.41, 5.74) is 2.29. The van der Waals surface area contributed by atoms with Gasteiger partial charge in [-0.1, -0.05) is 11.2 Å². The lowest BCUT2D eigenvalue weighted by Gasteiger charge is -2.29. The highest BCUT2D eigenvalue weighted by Crippen LogP contribution is 2.34. The summed E-state index contributed by atoms with van der Waals surface area (Å²) in [5.74, 6) is 0.877. The van der Waals surface area contributed by atoms with Crippen molar-refractivity contribution in [3.63, 3.8) is 0 Å². The maximum atomic E-state index is 5.47. The Balaban J connectivity index is 1.53. The third-order valence-corrected chi connectivity index (χ3v) is 4.36. The standard InChI is InChI=1S/C15H21N3O/c1-18-8-6-13-4-5-14(9-15(13)18)17-19-11-12-3-2-7-16-10-12/h2-3,7,10,13,15H,4-6,8-9,11H2,1H3/b17-14+. The van der Waals surface area contributed by atoms with E-state index in [0.29, 0.717) is 12.6 Å². The SMILES string of the molecule is CN1CCC2CC/C(=N\OCc3cccnc3)CC21. The van der Waals surface area contributed by atoms with E-state index in [2.05, 4.69) is 22.1 Å². The van der Waals surface area contributed by atoms with Crippen LogP contribution in [0.4, 0.5) is 0 Å². The molecule has 0 spiro atoms. The highest BCUT2D eigenvalue weighted by Gasteiger charge is 2.35. The zero-order valence-electron chi connectivity index (χ0n) is 11.5. The normalized spacial score (nSPS) is 29.4. The van der Waals surface area contributed by atoms with Crippen LogP contribution in [0.2, 0.25) is 0 Å². The van der Waals surface area contributed by atoms with Crippen LogP contribution in [0.25, 0.3) is 0 Å². The summed E-state index contributed by atoms with van der Waals surface area (Å²) in [7, 11) is 2.23. The number of likely N-dealkylation sites (tertiary alicyclic amines) is 1. The number of hydrogen-bond donors (Lipinski definition) is 0. The van der Waals surface area contributed by atoms with Gasteiger partial charge in [-0.25, -0.2) is 0 Å². The topological polar surface area (TPSA) is 37.7 Å². The zero-order chi connectivity index (χ0) is 13.1. The molecule has 4 heteroatoms. The maximum Gasteiger partial charge on any atom is 0.143 e. The monoisotopic (exact) mass is 259 g/mol. The Labute approximate surface area is 114 Å². The summed E-state index contributed by atoms with van der Waals surface area (Å²) in [6.45, 7) is 1.75. The van der Waals surface area contributed by atoms with Crippen molar-refractivity contribution in [3.05, 3.63) is 30.1 Å². The molecule has 0 N–H and O–H groups in total. The molecule has 1 saturated heterocycles. The number of pyridine rings is 1. The molecule has 1 aromatic heterocycles. The van der Waals surface area contributed by atoms with Crippen molar-refractivity contribution in [3.8, 4) is 0 Å². The minimum absolute atomic E-state index is 0.515. The molecule has 4 nitrogen and oxygen atoms in total. The van der Waals surface area contributed by atoms with Crippen LogP contribution in [-0.2, 0) is 11.4 Å². The zero-order valence-corrected chi connectivity index (χ0v) is 11.5. The van der Waals surface area contributed by atoms with Gasteiger partial charge in [-0.2, -0.15) is 0 Å². The molecule has 3 rings (SSSR count). The number of oxime groups is 1. The van der Waals surface area contributed by atoms with Gasteiger partial charge in [-0.05, 0) is 44.8 Å². The van der Waals surface area contributed by atoms with E-state index in [4.69, 9.17) is 4.84 Å². The van der Waals surface area contributed by atoms with Crippen molar-refractivity contribution in [2.24, 2.45) is 11.1 Å². The smallest absolute Gasteiger partial charge is 0.143 e. The van der Waals surface area contributed by atoms with E-state index in [0.717, 1.165) is 24.3 Å². The van der Waals surface area contributed by atoms with E-state index in [1.807, 2.05) is 18.3 Å². The maximum absolute atomic E-state index is 5.47. The van der Waals surface area contributed by atoms with Crippen LogP contribution in [0.5, 0.6) is 0 Å². The number of fused-ring (bicyclic) bond motifs is 1. The summed E-state index contributed by atoms with van der Waals surface area (Å²) in [4.78, 5) is 12.0. The Morgan fingerprint density at radius 2 is 2.42 bits per heavy atom. The van der Waals surface area contributed by atoms with Gasteiger partial charge in [0.15, 0.2) is 0 Å². The van der Waals surface area contributed by atoms with Crippen molar-refractivity contribution in [1.29, 1.82) is 0 Å². The first-order valence-electron chi connectivity index (χ1n) is 7.10. The van der Waals surface area contributed by atoms with Crippen molar-refractivity contribution in [1.82, 2.24) is 9.88 Å². The van der Waals surface area contributed by atoms with Crippen LogP contribution in [0.1, 0.15) is 31.2 Å². The fourth-order valence-electron chi connectivity index (χ4n) is 3.21. The van der Waals surface area contributed by atoms with E-state index < -0.39 is 0 Å². The van der Waals surface area contributed by atoms with E-state index in [9.17, 15) is 0 Å². The molecular formula is C15H21N3O. The molecule has 0 amide bonds. The third-order valence-electron chi connectivity index (χ3n) is 4.36. The lowest BCUT2D eigenvalue weighted by molar-refractivity contribution is 0.126. The van der Waals surface area contributed by atoms with E-state index in [1.165, 1.54) is 25.1 Å². The summed E-state index contributed by atoms with van der Waals surface area (Å²) in [6.07, 6.45) is 8.39. The third kappa shape index (κ3) is 2.95. The summed E-state index contributed by atoms with van der Waals surface area (Å²) < 4.78 is 0. The molecule has 2 unspecified atom stereocenters. The number of aromatic nitrogens is 1. The Hall–Kier alpha value is -1.42. The van der Waals surface area contributed by atoms with E-state index in [-0.39, 0.29) is 0 Å². The second-order valence-electron chi connectivity index (χ2n) is 5.63. The fourth-order valence-corrected chi connectivity index (χ4v) is 3.21. The summed E-state index contributed by atoms with van der Waals surface area (Å²) >= 11 is 0. The molecule has 2 heterocycles. The fraction of sp³-hybridized carbons (Fsp3) is 0.600. The molecule has 1 aromatic rings. The van der Waals surface area contributed by atoms with Crippen molar-refractivity contribution in [2.45, 2.75) is 38.3 Å². The van der Waals surface area contributed by atoms with Crippen LogP contribution in [0, 0.1) is 5.92 Å². The molecule has 2 fully saturated rings. The van der Waals surface area contributed by atoms with Gasteiger partial charge in [0.1, 0.15) is 6.61 Å². The Morgan fingerprint density at radius 1 is 1.47 bits per heavy atom. The van der Waals surface area contributed by atoms with Gasteiger partial charge in [-0.15, -0.1) is 0 Å². The van der Waals surface area contributed by atoms with Crippen molar-refractivity contribution >= 4 is 5.71 Å². The van der Waals surface area contributed by atoms with Crippen molar-refractivity contribution in [2.75, 3.05) is 13.6 Å². The lowest BCUT2D eigenvalue weighted by atomic mass is 9.84. The molecule has 2 aliphatic rings. The molecule has 0 bridgehead atoms. The average Bonchev–Trinajstić information content (AvgIpc) is 2.82. The quantitative estimate of drug-likeness (QED) is 0.783. The largest absolute Gasteiger partial charge is 0.391 e. The molecule has 0 aromatic carbocycles. The first-order chi connectivity index (χ1) is 9.33. The average molecular weight is 259 g/mol. The minimum atomic E-state index is 0.515. The molecule has 2 atom stereocenters. The van der Waals surface area contributed by atoms with Gasteiger partial charge in [0, 0.05) is 30.4 Å². The molecule has 0 radical (unpaired) electrons. The van der Waals surface area contributed by atoms with E-state index in [1.54, 1.807) is 6.20 Å². The Morgan fingerprint density at radius 3 is 3.26 bits per heavy atom. The van der Waals surface area contributed by atoms with Gasteiger partial charge in [0.2, 0.25) is 0 Å². The van der Waals surface area contributed by atoms with Crippen LogP contribution in [0.15, 0.2) is 29.7 Å². The number of hydrogen-bond acceptors (Lipinski definition) is 4. The summed E-state index contributed by atoms with van der Waals surface area (Å²) in [6, 6.07) is 4.62. The predicted molar refractivity (Wildman–Crippen MR) is 74.8 cm³/mol. The minimum Gasteiger partial charge on any atom is -0.391 e. The number of rotatable bonds is 3. The van der Waals surface area contributed by atoms with Gasteiger partial charge in [0.25, 0.3) is 0 Å². The highest BCUT2D eigenvalue weighted by atomic mass is 16.6. The van der Waals surface area contributed by atoms with Crippen LogP contribution < -0.4 is 0 Å². The van der Waals surface area contributed by atoms with Gasteiger partial charge >= 0.3 is 0 Å². The molecule has 1 aliphatic heterocycles. The van der Waals surface area contributed by atoms with Crippen LogP contribution in [-0.4, -0.2) is 35.2 Å².